The Morgan fingerprint density at radius 2 is 1.67 bits per heavy atom. The molecule has 0 aliphatic rings. The van der Waals surface area contributed by atoms with Crippen molar-refractivity contribution in [3.05, 3.63) is 5.21 Å². The van der Waals surface area contributed by atoms with Crippen molar-refractivity contribution in [2.45, 2.75) is 45.8 Å². The van der Waals surface area contributed by atoms with Crippen LogP contribution >= 0.6 is 0 Å². The number of hydrogen-bond acceptors (Lipinski definition) is 2. The van der Waals surface area contributed by atoms with Crippen molar-refractivity contribution in [2.24, 2.45) is 0 Å². The van der Waals surface area contributed by atoms with E-state index in [0.29, 0.717) is 4.90 Å². The molecular formula is C8H19NO2Si. The summed E-state index contributed by atoms with van der Waals surface area (Å²) in [7, 11) is -1.72. The highest BCUT2D eigenvalue weighted by molar-refractivity contribution is 6.73. The third-order valence-corrected chi connectivity index (χ3v) is 6.86. The van der Waals surface area contributed by atoms with Crippen molar-refractivity contribution < 1.29 is 9.43 Å². The molecular weight excluding hydrogens is 170 g/mol. The Labute approximate surface area is 75.7 Å². The van der Waals surface area contributed by atoms with Gasteiger partial charge in [-0.05, 0) is 18.1 Å². The lowest BCUT2D eigenvalue weighted by Crippen LogP contribution is -2.38. The molecule has 0 fully saturated rings. The molecule has 0 radical (unpaired) electrons. The SMILES string of the molecule is C/C=[N+](\[O-])O[Si](CC)(CC)CC. The summed E-state index contributed by atoms with van der Waals surface area (Å²) in [6.07, 6.45) is 1.42. The number of nitrogens with zero attached hydrogens (tertiary/aromatic N) is 1. The molecule has 0 aliphatic heterocycles. The van der Waals surface area contributed by atoms with Crippen molar-refractivity contribution in [3.63, 3.8) is 0 Å². The van der Waals surface area contributed by atoms with E-state index in [1.165, 1.54) is 6.21 Å². The maximum absolute atomic E-state index is 11.0. The highest BCUT2D eigenvalue weighted by Gasteiger charge is 2.28. The molecule has 12 heavy (non-hydrogen) atoms. The molecule has 0 aromatic carbocycles. The fourth-order valence-electron chi connectivity index (χ4n) is 1.19. The second-order valence-electron chi connectivity index (χ2n) is 2.88. The molecule has 0 heterocycles. The van der Waals surface area contributed by atoms with Gasteiger partial charge in [-0.15, -0.1) is 0 Å². The van der Waals surface area contributed by atoms with E-state index in [-0.39, 0.29) is 0 Å². The Kier molecular flexibility index (Phi) is 4.97. The Bertz CT molecular complexity index is 147. The molecule has 0 bridgehead atoms. The molecule has 72 valence electrons. The molecule has 0 rings (SSSR count). The van der Waals surface area contributed by atoms with Gasteiger partial charge in [0.05, 0.1) is 0 Å². The van der Waals surface area contributed by atoms with Crippen LogP contribution in [0.5, 0.6) is 0 Å². The smallest absolute Gasteiger partial charge is 0.206 e. The molecule has 0 aliphatic carbocycles. The van der Waals surface area contributed by atoms with Gasteiger partial charge in [-0.1, -0.05) is 20.8 Å². The molecule has 0 saturated heterocycles. The molecule has 0 N–H and O–H groups in total. The standard InChI is InChI=1S/C8H19NO2Si/c1-5-9(10)11-12(6-2,7-3)8-4/h5H,6-8H2,1-4H3/b9-5+. The fraction of sp³-hybridized carbons (Fsp3) is 0.875. The summed E-state index contributed by atoms with van der Waals surface area (Å²) < 4.78 is 5.40. The van der Waals surface area contributed by atoms with Crippen LogP contribution in [0.15, 0.2) is 0 Å². The van der Waals surface area contributed by atoms with Gasteiger partial charge < -0.3 is 4.53 Å². The van der Waals surface area contributed by atoms with Crippen molar-refractivity contribution in [2.75, 3.05) is 0 Å². The van der Waals surface area contributed by atoms with E-state index in [4.69, 9.17) is 4.53 Å². The van der Waals surface area contributed by atoms with E-state index in [1.54, 1.807) is 6.92 Å². The minimum absolute atomic E-state index is 0.614. The Balaban J connectivity index is 4.30. The van der Waals surface area contributed by atoms with Gasteiger partial charge in [-0.25, -0.2) is 0 Å². The number of hydrogen-bond donors (Lipinski definition) is 0. The minimum atomic E-state index is -1.72. The maximum Gasteiger partial charge on any atom is 0.206 e. The van der Waals surface area contributed by atoms with Gasteiger partial charge in [0.15, 0.2) is 8.32 Å². The van der Waals surface area contributed by atoms with Crippen LogP contribution in [-0.4, -0.2) is 19.4 Å². The van der Waals surface area contributed by atoms with Crippen molar-refractivity contribution >= 4 is 14.5 Å². The van der Waals surface area contributed by atoms with Gasteiger partial charge in [0.2, 0.25) is 6.21 Å². The van der Waals surface area contributed by atoms with Gasteiger partial charge in [0.1, 0.15) is 0 Å². The molecule has 0 unspecified atom stereocenters. The molecule has 0 saturated carbocycles. The van der Waals surface area contributed by atoms with Crippen molar-refractivity contribution in [3.8, 4) is 0 Å². The van der Waals surface area contributed by atoms with Gasteiger partial charge in [-0.2, -0.15) is 0 Å². The second kappa shape index (κ2) is 5.19. The van der Waals surface area contributed by atoms with E-state index < -0.39 is 8.32 Å². The predicted molar refractivity (Wildman–Crippen MR) is 53.6 cm³/mol. The summed E-state index contributed by atoms with van der Waals surface area (Å²) in [6, 6.07) is 3.02. The van der Waals surface area contributed by atoms with E-state index in [0.717, 1.165) is 18.1 Å². The van der Waals surface area contributed by atoms with Crippen LogP contribution in [0.25, 0.3) is 0 Å². The first-order chi connectivity index (χ1) is 5.64. The molecule has 0 aromatic heterocycles. The van der Waals surface area contributed by atoms with Gasteiger partial charge in [-0.3, -0.25) is 5.21 Å². The van der Waals surface area contributed by atoms with Gasteiger partial charge in [0.25, 0.3) is 0 Å². The van der Waals surface area contributed by atoms with Gasteiger partial charge in [0, 0.05) is 11.8 Å². The molecule has 0 spiro atoms. The lowest BCUT2D eigenvalue weighted by Gasteiger charge is -2.29. The zero-order chi connectivity index (χ0) is 9.61. The molecule has 0 aromatic rings. The average molecular weight is 189 g/mol. The predicted octanol–water partition coefficient (Wildman–Crippen LogP) is 2.52. The van der Waals surface area contributed by atoms with Crippen LogP contribution in [-0.2, 0) is 4.53 Å². The van der Waals surface area contributed by atoms with Crippen LogP contribution in [0.2, 0.25) is 18.1 Å². The van der Waals surface area contributed by atoms with Crippen molar-refractivity contribution in [1.29, 1.82) is 0 Å². The highest BCUT2D eigenvalue weighted by atomic mass is 28.4. The maximum atomic E-state index is 11.0. The molecule has 3 nitrogen and oxygen atoms in total. The highest BCUT2D eigenvalue weighted by Crippen LogP contribution is 2.21. The third-order valence-electron chi connectivity index (χ3n) is 2.43. The largest absolute Gasteiger partial charge is 0.443 e. The number of rotatable bonds is 5. The molecule has 4 heteroatoms. The fourth-order valence-corrected chi connectivity index (χ4v) is 3.56. The minimum Gasteiger partial charge on any atom is -0.443 e. The first-order valence-electron chi connectivity index (χ1n) is 4.59. The second-order valence-corrected chi connectivity index (χ2v) is 7.55. The van der Waals surface area contributed by atoms with Gasteiger partial charge >= 0.3 is 0 Å². The summed E-state index contributed by atoms with van der Waals surface area (Å²) in [5.74, 6) is 0. The average Bonchev–Trinajstić information content (AvgIpc) is 2.14. The van der Waals surface area contributed by atoms with Crippen LogP contribution in [0.4, 0.5) is 0 Å². The zero-order valence-electron chi connectivity index (χ0n) is 8.46. The normalized spacial score (nSPS) is 13.2. The Hall–Kier alpha value is -0.513. The quantitative estimate of drug-likeness (QED) is 0.288. The summed E-state index contributed by atoms with van der Waals surface area (Å²) >= 11 is 0. The van der Waals surface area contributed by atoms with Crippen LogP contribution in [0.3, 0.4) is 0 Å². The lowest BCUT2D eigenvalue weighted by atomic mass is 10.9. The van der Waals surface area contributed by atoms with Crippen LogP contribution in [0.1, 0.15) is 27.7 Å². The Morgan fingerprint density at radius 1 is 1.25 bits per heavy atom. The van der Waals surface area contributed by atoms with E-state index >= 15 is 0 Å². The Morgan fingerprint density at radius 3 is 1.92 bits per heavy atom. The van der Waals surface area contributed by atoms with Crippen LogP contribution < -0.4 is 0 Å². The van der Waals surface area contributed by atoms with E-state index in [2.05, 4.69) is 20.8 Å². The monoisotopic (exact) mass is 189 g/mol. The van der Waals surface area contributed by atoms with Crippen molar-refractivity contribution in [1.82, 2.24) is 0 Å². The summed E-state index contributed by atoms with van der Waals surface area (Å²) in [6.45, 7) is 7.99. The topological polar surface area (TPSA) is 35.3 Å². The van der Waals surface area contributed by atoms with Crippen LogP contribution in [0, 0.1) is 5.21 Å². The van der Waals surface area contributed by atoms with E-state index in [1.807, 2.05) is 0 Å². The van der Waals surface area contributed by atoms with E-state index in [9.17, 15) is 5.21 Å². The summed E-state index contributed by atoms with van der Waals surface area (Å²) in [5, 5.41) is 11.0. The first kappa shape index (κ1) is 11.5. The summed E-state index contributed by atoms with van der Waals surface area (Å²) in [4.78, 5) is 0.614. The lowest BCUT2D eigenvalue weighted by molar-refractivity contribution is -0.701. The third kappa shape index (κ3) is 2.85. The zero-order valence-corrected chi connectivity index (χ0v) is 9.46. The first-order valence-corrected chi connectivity index (χ1v) is 7.12. The molecule has 0 amide bonds. The molecule has 0 atom stereocenters. The summed E-state index contributed by atoms with van der Waals surface area (Å²) in [5.41, 5.74) is 0.